The number of carbonyl (C=O) groups is 2. The quantitative estimate of drug-likeness (QED) is 0.762. The summed E-state index contributed by atoms with van der Waals surface area (Å²) < 4.78 is 28.4. The van der Waals surface area contributed by atoms with Gasteiger partial charge in [-0.1, -0.05) is 0 Å². The number of rotatable bonds is 5. The molecule has 0 atom stereocenters. The lowest BCUT2D eigenvalue weighted by Crippen LogP contribution is -2.44. The summed E-state index contributed by atoms with van der Waals surface area (Å²) in [6.45, 7) is 1.37. The fourth-order valence-electron chi connectivity index (χ4n) is 2.83. The SMILES string of the molecule is O=C1CC2(CCN(C(=O)CCOCC(F)F)CC2)CN1. The van der Waals surface area contributed by atoms with E-state index in [9.17, 15) is 18.4 Å². The molecule has 0 aromatic heterocycles. The van der Waals surface area contributed by atoms with E-state index in [0.717, 1.165) is 12.8 Å². The van der Waals surface area contributed by atoms with E-state index in [1.807, 2.05) is 0 Å². The van der Waals surface area contributed by atoms with Gasteiger partial charge in [-0.15, -0.1) is 0 Å². The van der Waals surface area contributed by atoms with Crippen molar-refractivity contribution in [1.29, 1.82) is 0 Å². The van der Waals surface area contributed by atoms with Crippen LogP contribution >= 0.6 is 0 Å². The number of ether oxygens (including phenoxy) is 1. The Balaban J connectivity index is 1.68. The van der Waals surface area contributed by atoms with E-state index in [1.165, 1.54) is 0 Å². The minimum absolute atomic E-state index is 0.0139. The van der Waals surface area contributed by atoms with Crippen molar-refractivity contribution in [3.63, 3.8) is 0 Å². The average molecular weight is 290 g/mol. The van der Waals surface area contributed by atoms with Crippen LogP contribution in [-0.2, 0) is 14.3 Å². The number of carbonyl (C=O) groups excluding carboxylic acids is 2. The van der Waals surface area contributed by atoms with E-state index in [4.69, 9.17) is 4.74 Å². The molecule has 2 fully saturated rings. The maximum atomic E-state index is 11.9. The molecule has 0 aromatic rings. The van der Waals surface area contributed by atoms with Gasteiger partial charge in [0.05, 0.1) is 13.0 Å². The van der Waals surface area contributed by atoms with Gasteiger partial charge in [-0.05, 0) is 18.3 Å². The number of nitrogens with one attached hydrogen (secondary N) is 1. The summed E-state index contributed by atoms with van der Waals surface area (Å²) in [7, 11) is 0. The highest BCUT2D eigenvalue weighted by Crippen LogP contribution is 2.37. The minimum Gasteiger partial charge on any atom is -0.375 e. The van der Waals surface area contributed by atoms with Crippen LogP contribution in [0.25, 0.3) is 0 Å². The van der Waals surface area contributed by atoms with Gasteiger partial charge >= 0.3 is 0 Å². The van der Waals surface area contributed by atoms with Crippen LogP contribution in [0.15, 0.2) is 0 Å². The van der Waals surface area contributed by atoms with Crippen molar-refractivity contribution < 1.29 is 23.1 Å². The molecule has 2 aliphatic rings. The summed E-state index contributed by atoms with van der Waals surface area (Å²) >= 11 is 0. The second-order valence-electron chi connectivity index (χ2n) is 5.55. The van der Waals surface area contributed by atoms with Gasteiger partial charge < -0.3 is 15.0 Å². The maximum absolute atomic E-state index is 11.9. The van der Waals surface area contributed by atoms with Gasteiger partial charge in [-0.2, -0.15) is 0 Å². The van der Waals surface area contributed by atoms with Crippen LogP contribution in [0.2, 0.25) is 0 Å². The van der Waals surface area contributed by atoms with Crippen molar-refractivity contribution in [1.82, 2.24) is 10.2 Å². The molecule has 0 aliphatic carbocycles. The van der Waals surface area contributed by atoms with Crippen molar-refractivity contribution in [3.8, 4) is 0 Å². The van der Waals surface area contributed by atoms with Crippen molar-refractivity contribution in [2.75, 3.05) is 32.8 Å². The van der Waals surface area contributed by atoms with Gasteiger partial charge in [0.1, 0.15) is 6.61 Å². The van der Waals surface area contributed by atoms with Gasteiger partial charge in [-0.25, -0.2) is 8.78 Å². The van der Waals surface area contributed by atoms with Crippen LogP contribution < -0.4 is 5.32 Å². The molecule has 2 aliphatic heterocycles. The van der Waals surface area contributed by atoms with Crippen molar-refractivity contribution >= 4 is 11.8 Å². The highest BCUT2D eigenvalue weighted by Gasteiger charge is 2.41. The van der Waals surface area contributed by atoms with Crippen LogP contribution in [0, 0.1) is 5.41 Å². The zero-order valence-corrected chi connectivity index (χ0v) is 11.4. The largest absolute Gasteiger partial charge is 0.375 e. The van der Waals surface area contributed by atoms with E-state index in [2.05, 4.69) is 5.32 Å². The molecule has 1 spiro atoms. The van der Waals surface area contributed by atoms with Crippen LogP contribution in [0.4, 0.5) is 8.78 Å². The Morgan fingerprint density at radius 3 is 2.65 bits per heavy atom. The highest BCUT2D eigenvalue weighted by molar-refractivity contribution is 5.79. The number of hydrogen-bond acceptors (Lipinski definition) is 3. The third-order valence-electron chi connectivity index (χ3n) is 4.08. The predicted octanol–water partition coefficient (Wildman–Crippen LogP) is 0.787. The lowest BCUT2D eigenvalue weighted by Gasteiger charge is -2.38. The first-order valence-corrected chi connectivity index (χ1v) is 6.91. The second kappa shape index (κ2) is 6.47. The number of piperidine rings is 1. The second-order valence-corrected chi connectivity index (χ2v) is 5.55. The van der Waals surface area contributed by atoms with E-state index < -0.39 is 13.0 Å². The molecule has 0 radical (unpaired) electrons. The van der Waals surface area contributed by atoms with Crippen LogP contribution in [-0.4, -0.2) is 56.0 Å². The molecule has 2 rings (SSSR count). The molecule has 2 heterocycles. The first-order chi connectivity index (χ1) is 9.51. The van der Waals surface area contributed by atoms with Crippen molar-refractivity contribution in [3.05, 3.63) is 0 Å². The Kier molecular flexibility index (Phi) is 4.91. The maximum Gasteiger partial charge on any atom is 0.261 e. The molecular formula is C13H20F2N2O3. The number of nitrogens with zero attached hydrogens (tertiary/aromatic N) is 1. The summed E-state index contributed by atoms with van der Waals surface area (Å²) in [6.07, 6.45) is -0.180. The molecule has 20 heavy (non-hydrogen) atoms. The number of amides is 2. The van der Waals surface area contributed by atoms with Gasteiger partial charge in [0.2, 0.25) is 11.8 Å². The molecule has 0 saturated carbocycles. The van der Waals surface area contributed by atoms with Crippen molar-refractivity contribution in [2.45, 2.75) is 32.1 Å². The summed E-state index contributed by atoms with van der Waals surface area (Å²) in [5, 5.41) is 2.84. The first kappa shape index (κ1) is 15.2. The summed E-state index contributed by atoms with van der Waals surface area (Å²) in [4.78, 5) is 24.9. The standard InChI is InChI=1S/C13H20F2N2O3/c14-10(15)8-20-6-1-12(19)17-4-2-13(3-5-17)7-11(18)16-9-13/h10H,1-9H2,(H,16,18). The number of likely N-dealkylation sites (tertiary alicyclic amines) is 1. The summed E-state index contributed by atoms with van der Waals surface area (Å²) in [6, 6.07) is 0. The molecule has 1 N–H and O–H groups in total. The lowest BCUT2D eigenvalue weighted by atomic mass is 9.77. The number of halogens is 2. The molecule has 0 bridgehead atoms. The molecule has 114 valence electrons. The molecule has 2 saturated heterocycles. The lowest BCUT2D eigenvalue weighted by molar-refractivity contribution is -0.135. The minimum atomic E-state index is -2.49. The normalized spacial score (nSPS) is 21.6. The molecule has 7 heteroatoms. The average Bonchev–Trinajstić information content (AvgIpc) is 2.76. The Labute approximate surface area is 116 Å². The Morgan fingerprint density at radius 2 is 2.10 bits per heavy atom. The zero-order chi connectivity index (χ0) is 14.6. The zero-order valence-electron chi connectivity index (χ0n) is 11.4. The highest BCUT2D eigenvalue weighted by atomic mass is 19.3. The van der Waals surface area contributed by atoms with Crippen LogP contribution in [0.1, 0.15) is 25.7 Å². The third kappa shape index (κ3) is 3.88. The smallest absolute Gasteiger partial charge is 0.261 e. The fourth-order valence-corrected chi connectivity index (χ4v) is 2.83. The van der Waals surface area contributed by atoms with Gasteiger partial charge in [0.25, 0.3) is 6.43 Å². The monoisotopic (exact) mass is 290 g/mol. The number of hydrogen-bond donors (Lipinski definition) is 1. The van der Waals surface area contributed by atoms with Crippen molar-refractivity contribution in [2.24, 2.45) is 5.41 Å². The Hall–Kier alpha value is -1.24. The van der Waals surface area contributed by atoms with E-state index >= 15 is 0 Å². The Bertz CT molecular complexity index is 369. The first-order valence-electron chi connectivity index (χ1n) is 6.91. The predicted molar refractivity (Wildman–Crippen MR) is 67.3 cm³/mol. The third-order valence-corrected chi connectivity index (χ3v) is 4.08. The molecule has 2 amide bonds. The fraction of sp³-hybridized carbons (Fsp3) is 0.846. The molecule has 0 aromatic carbocycles. The molecule has 5 nitrogen and oxygen atoms in total. The topological polar surface area (TPSA) is 58.6 Å². The van der Waals surface area contributed by atoms with Gasteiger partial charge in [0, 0.05) is 26.1 Å². The Morgan fingerprint density at radius 1 is 1.40 bits per heavy atom. The van der Waals surface area contributed by atoms with E-state index in [0.29, 0.717) is 26.1 Å². The van der Waals surface area contributed by atoms with E-state index in [1.54, 1.807) is 4.90 Å². The number of alkyl halides is 2. The van der Waals surface area contributed by atoms with Crippen LogP contribution in [0.3, 0.4) is 0 Å². The van der Waals surface area contributed by atoms with E-state index in [-0.39, 0.29) is 30.3 Å². The molecular weight excluding hydrogens is 270 g/mol. The van der Waals surface area contributed by atoms with Gasteiger partial charge in [-0.3, -0.25) is 9.59 Å². The molecule has 0 unspecified atom stereocenters. The summed E-state index contributed by atoms with van der Waals surface area (Å²) in [5.41, 5.74) is 0.0139. The van der Waals surface area contributed by atoms with Gasteiger partial charge in [0.15, 0.2) is 0 Å². The van der Waals surface area contributed by atoms with Crippen LogP contribution in [0.5, 0.6) is 0 Å². The summed E-state index contributed by atoms with van der Waals surface area (Å²) in [5.74, 6) is 0.0246.